The van der Waals surface area contributed by atoms with Crippen LogP contribution >= 0.6 is 11.8 Å². The molecule has 0 fully saturated rings. The van der Waals surface area contributed by atoms with E-state index in [-0.39, 0.29) is 0 Å². The Hall–Kier alpha value is -3.92. The summed E-state index contributed by atoms with van der Waals surface area (Å²) in [5.74, 6) is 2.90. The summed E-state index contributed by atoms with van der Waals surface area (Å²) >= 11 is 1.66. The standard InChI is InChI=1S/C25H26N8OS/c1-17-8-6-9-18(2)22(17)34-14-20-30-31-25(33(20)19-10-4-3-5-11-19)35-13-7-12-32-16-29-21-23(26)27-15-28-24(21)32/h3-6,8-11,15-16H,7,12-14H2,1-2H3,(H2,26,27,28). The number of nitrogen functional groups attached to an aromatic ring is 1. The van der Waals surface area contributed by atoms with Gasteiger partial charge < -0.3 is 15.0 Å². The maximum atomic E-state index is 6.19. The predicted octanol–water partition coefficient (Wildman–Crippen LogP) is 4.37. The van der Waals surface area contributed by atoms with Crippen LogP contribution in [0.2, 0.25) is 0 Å². The zero-order valence-electron chi connectivity index (χ0n) is 19.6. The molecule has 0 atom stereocenters. The van der Waals surface area contributed by atoms with Crippen LogP contribution < -0.4 is 10.5 Å². The number of benzene rings is 2. The van der Waals surface area contributed by atoms with Gasteiger partial charge in [-0.25, -0.2) is 15.0 Å². The molecule has 2 N–H and O–H groups in total. The summed E-state index contributed by atoms with van der Waals surface area (Å²) in [5.41, 5.74) is 10.5. The van der Waals surface area contributed by atoms with Crippen LogP contribution in [0.1, 0.15) is 23.4 Å². The highest BCUT2D eigenvalue weighted by Gasteiger charge is 2.16. The summed E-state index contributed by atoms with van der Waals surface area (Å²) < 4.78 is 10.3. The number of rotatable bonds is 9. The van der Waals surface area contributed by atoms with Crippen molar-refractivity contribution in [2.75, 3.05) is 11.5 Å². The second-order valence-corrected chi connectivity index (χ2v) is 9.21. The van der Waals surface area contributed by atoms with Gasteiger partial charge in [0.05, 0.1) is 6.33 Å². The quantitative estimate of drug-likeness (QED) is 0.242. The van der Waals surface area contributed by atoms with Crippen LogP contribution in [-0.2, 0) is 13.2 Å². The number of hydrogen-bond acceptors (Lipinski definition) is 8. The van der Waals surface area contributed by atoms with E-state index in [0.717, 1.165) is 57.9 Å². The molecule has 0 saturated heterocycles. The number of imidazole rings is 1. The molecule has 0 bridgehead atoms. The van der Waals surface area contributed by atoms with Crippen molar-refractivity contribution in [1.82, 2.24) is 34.3 Å². The molecule has 10 heteroatoms. The lowest BCUT2D eigenvalue weighted by Crippen LogP contribution is -2.08. The molecule has 0 aliphatic carbocycles. The highest BCUT2D eigenvalue weighted by molar-refractivity contribution is 7.99. The lowest BCUT2D eigenvalue weighted by atomic mass is 10.1. The Morgan fingerprint density at radius 1 is 0.943 bits per heavy atom. The molecule has 0 aliphatic rings. The lowest BCUT2D eigenvalue weighted by Gasteiger charge is -2.13. The number of nitrogens with two attached hydrogens (primary N) is 1. The molecule has 3 aromatic heterocycles. The van der Waals surface area contributed by atoms with Gasteiger partial charge in [0.1, 0.15) is 24.2 Å². The molecule has 35 heavy (non-hydrogen) atoms. The molecule has 0 saturated carbocycles. The van der Waals surface area contributed by atoms with E-state index in [4.69, 9.17) is 10.5 Å². The molecule has 0 aliphatic heterocycles. The van der Waals surface area contributed by atoms with E-state index in [1.54, 1.807) is 18.1 Å². The summed E-state index contributed by atoms with van der Waals surface area (Å²) in [6, 6.07) is 16.3. The smallest absolute Gasteiger partial charge is 0.195 e. The fourth-order valence-corrected chi connectivity index (χ4v) is 4.84. The van der Waals surface area contributed by atoms with Crippen LogP contribution in [0.4, 0.5) is 5.82 Å². The molecule has 2 aromatic carbocycles. The van der Waals surface area contributed by atoms with Gasteiger partial charge in [0, 0.05) is 18.0 Å². The molecule has 0 unspecified atom stereocenters. The number of hydrogen-bond donors (Lipinski definition) is 1. The van der Waals surface area contributed by atoms with E-state index >= 15 is 0 Å². The Bertz CT molecular complexity index is 1430. The Morgan fingerprint density at radius 2 is 1.74 bits per heavy atom. The van der Waals surface area contributed by atoms with Gasteiger partial charge >= 0.3 is 0 Å². The summed E-state index contributed by atoms with van der Waals surface area (Å²) in [4.78, 5) is 12.7. The van der Waals surface area contributed by atoms with Crippen molar-refractivity contribution >= 4 is 28.7 Å². The van der Waals surface area contributed by atoms with Gasteiger partial charge in [0.2, 0.25) is 0 Å². The zero-order chi connectivity index (χ0) is 24.2. The van der Waals surface area contributed by atoms with E-state index < -0.39 is 0 Å². The van der Waals surface area contributed by atoms with Crippen LogP contribution in [0.5, 0.6) is 5.75 Å². The largest absolute Gasteiger partial charge is 0.485 e. The number of nitrogens with zero attached hydrogens (tertiary/aromatic N) is 7. The Morgan fingerprint density at radius 3 is 2.54 bits per heavy atom. The van der Waals surface area contributed by atoms with Gasteiger partial charge in [-0.05, 0) is 43.5 Å². The molecule has 3 heterocycles. The second-order valence-electron chi connectivity index (χ2n) is 8.15. The average Bonchev–Trinajstić information content (AvgIpc) is 3.47. The number of fused-ring (bicyclic) bond motifs is 1. The monoisotopic (exact) mass is 486 g/mol. The first-order valence-corrected chi connectivity index (χ1v) is 12.3. The van der Waals surface area contributed by atoms with E-state index in [0.29, 0.717) is 17.9 Å². The third-order valence-electron chi connectivity index (χ3n) is 5.67. The van der Waals surface area contributed by atoms with Crippen molar-refractivity contribution in [1.29, 1.82) is 0 Å². The van der Waals surface area contributed by atoms with Gasteiger partial charge in [-0.1, -0.05) is 48.2 Å². The fraction of sp³-hybridized carbons (Fsp3) is 0.240. The Balaban J connectivity index is 1.30. The minimum absolute atomic E-state index is 0.330. The van der Waals surface area contributed by atoms with Crippen LogP contribution in [0.15, 0.2) is 66.3 Å². The molecule has 0 radical (unpaired) electrons. The van der Waals surface area contributed by atoms with E-state index in [9.17, 15) is 0 Å². The highest BCUT2D eigenvalue weighted by atomic mass is 32.2. The molecule has 5 rings (SSSR count). The van der Waals surface area contributed by atoms with Crippen molar-refractivity contribution in [2.24, 2.45) is 0 Å². The molecule has 0 amide bonds. The summed E-state index contributed by atoms with van der Waals surface area (Å²) in [6.45, 7) is 5.20. The second kappa shape index (κ2) is 10.1. The number of ether oxygens (including phenoxy) is 1. The highest BCUT2D eigenvalue weighted by Crippen LogP contribution is 2.26. The summed E-state index contributed by atoms with van der Waals surface area (Å²) in [7, 11) is 0. The number of aromatic nitrogens is 7. The van der Waals surface area contributed by atoms with E-state index in [1.807, 2.05) is 28.8 Å². The van der Waals surface area contributed by atoms with Crippen molar-refractivity contribution < 1.29 is 4.74 Å². The third-order valence-corrected chi connectivity index (χ3v) is 6.69. The van der Waals surface area contributed by atoms with Crippen molar-refractivity contribution in [3.63, 3.8) is 0 Å². The van der Waals surface area contributed by atoms with Crippen LogP contribution in [0.25, 0.3) is 16.9 Å². The first-order chi connectivity index (χ1) is 17.1. The third kappa shape index (κ3) is 4.83. The van der Waals surface area contributed by atoms with Crippen molar-refractivity contribution in [2.45, 2.75) is 38.6 Å². The van der Waals surface area contributed by atoms with Crippen molar-refractivity contribution in [3.8, 4) is 11.4 Å². The maximum absolute atomic E-state index is 6.19. The van der Waals surface area contributed by atoms with Crippen LogP contribution in [0, 0.1) is 13.8 Å². The maximum Gasteiger partial charge on any atom is 0.195 e. The van der Waals surface area contributed by atoms with Crippen LogP contribution in [0.3, 0.4) is 0 Å². The van der Waals surface area contributed by atoms with Gasteiger partial charge in [-0.15, -0.1) is 10.2 Å². The normalized spacial score (nSPS) is 11.3. The average molecular weight is 487 g/mol. The molecule has 178 valence electrons. The van der Waals surface area contributed by atoms with Gasteiger partial charge in [0.15, 0.2) is 22.4 Å². The Kier molecular flexibility index (Phi) is 6.62. The molecular weight excluding hydrogens is 460 g/mol. The topological polar surface area (TPSA) is 110 Å². The lowest BCUT2D eigenvalue weighted by molar-refractivity contribution is 0.289. The molecule has 0 spiro atoms. The minimum atomic E-state index is 0.330. The number of thioether (sulfide) groups is 1. The number of para-hydroxylation sites is 2. The molecule has 5 aromatic rings. The van der Waals surface area contributed by atoms with Gasteiger partial charge in [0.25, 0.3) is 0 Å². The minimum Gasteiger partial charge on any atom is -0.485 e. The molecule has 9 nitrogen and oxygen atoms in total. The van der Waals surface area contributed by atoms with E-state index in [2.05, 4.69) is 67.8 Å². The first kappa shape index (κ1) is 22.9. The SMILES string of the molecule is Cc1cccc(C)c1OCc1nnc(SCCCn2cnc3c(N)ncnc32)n1-c1ccccc1. The Labute approximate surface area is 207 Å². The zero-order valence-corrected chi connectivity index (χ0v) is 20.4. The van der Waals surface area contributed by atoms with Crippen molar-refractivity contribution in [3.05, 3.63) is 78.1 Å². The number of anilines is 1. The van der Waals surface area contributed by atoms with E-state index in [1.165, 1.54) is 6.33 Å². The summed E-state index contributed by atoms with van der Waals surface area (Å²) in [6.07, 6.45) is 4.13. The van der Waals surface area contributed by atoms with Gasteiger partial charge in [-0.2, -0.15) is 0 Å². The predicted molar refractivity (Wildman–Crippen MR) is 137 cm³/mol. The van der Waals surface area contributed by atoms with Crippen LogP contribution in [-0.4, -0.2) is 40.0 Å². The fourth-order valence-electron chi connectivity index (χ4n) is 3.95. The van der Waals surface area contributed by atoms with Gasteiger partial charge in [-0.3, -0.25) is 4.57 Å². The molecular formula is C25H26N8OS. The first-order valence-electron chi connectivity index (χ1n) is 11.3. The number of aryl methyl sites for hydroxylation is 3. The summed E-state index contributed by atoms with van der Waals surface area (Å²) in [5, 5.41) is 9.78.